The van der Waals surface area contributed by atoms with Crippen LogP contribution in [0.5, 0.6) is 5.75 Å². The molecule has 0 aliphatic heterocycles. The Morgan fingerprint density at radius 3 is 2.48 bits per heavy atom. The second-order valence-electron chi connectivity index (χ2n) is 5.75. The van der Waals surface area contributed by atoms with E-state index in [0.29, 0.717) is 28.8 Å². The lowest BCUT2D eigenvalue weighted by atomic mass is 10.0. The van der Waals surface area contributed by atoms with Crippen molar-refractivity contribution in [1.29, 1.82) is 0 Å². The molecule has 0 fully saturated rings. The van der Waals surface area contributed by atoms with Crippen LogP contribution in [0.3, 0.4) is 0 Å². The summed E-state index contributed by atoms with van der Waals surface area (Å²) in [6, 6.07) is 13.5. The molecule has 2 aromatic rings. The van der Waals surface area contributed by atoms with Crippen LogP contribution in [0.4, 0.5) is 0 Å². The van der Waals surface area contributed by atoms with Gasteiger partial charge in [0.2, 0.25) is 0 Å². The normalized spacial score (nSPS) is 10.7. The van der Waals surface area contributed by atoms with Gasteiger partial charge >= 0.3 is 0 Å². The van der Waals surface area contributed by atoms with E-state index in [4.69, 9.17) is 16.3 Å². The fourth-order valence-electron chi connectivity index (χ4n) is 2.34. The number of halogens is 1. The summed E-state index contributed by atoms with van der Waals surface area (Å²) in [6.45, 7) is 4.91. The summed E-state index contributed by atoms with van der Waals surface area (Å²) in [5.74, 6) is 0.871. The van der Waals surface area contributed by atoms with E-state index in [-0.39, 0.29) is 5.91 Å². The van der Waals surface area contributed by atoms with Gasteiger partial charge in [0, 0.05) is 11.6 Å². The van der Waals surface area contributed by atoms with Crippen molar-refractivity contribution in [2.75, 3.05) is 13.7 Å². The predicted molar refractivity (Wildman–Crippen MR) is 94.6 cm³/mol. The molecule has 23 heavy (non-hydrogen) atoms. The molecular formula is C19H22ClNO2. The molecule has 2 aromatic carbocycles. The number of rotatable bonds is 6. The number of nitrogens with one attached hydrogen (secondary N) is 1. The van der Waals surface area contributed by atoms with Crippen LogP contribution in [0.25, 0.3) is 0 Å². The molecule has 4 heteroatoms. The fourth-order valence-corrected chi connectivity index (χ4v) is 2.51. The Morgan fingerprint density at radius 1 is 1.17 bits per heavy atom. The third-order valence-electron chi connectivity index (χ3n) is 3.75. The Bertz CT molecular complexity index is 666. The first-order valence-corrected chi connectivity index (χ1v) is 8.09. The van der Waals surface area contributed by atoms with Gasteiger partial charge in [-0.15, -0.1) is 0 Å². The number of benzene rings is 2. The minimum atomic E-state index is -0.178. The summed E-state index contributed by atoms with van der Waals surface area (Å²) in [4.78, 5) is 12.3. The van der Waals surface area contributed by atoms with Gasteiger partial charge in [-0.2, -0.15) is 0 Å². The van der Waals surface area contributed by atoms with E-state index in [9.17, 15) is 4.79 Å². The summed E-state index contributed by atoms with van der Waals surface area (Å²) >= 11 is 5.95. The van der Waals surface area contributed by atoms with E-state index in [1.165, 1.54) is 18.2 Å². The smallest absolute Gasteiger partial charge is 0.255 e. The minimum Gasteiger partial charge on any atom is -0.496 e. The van der Waals surface area contributed by atoms with E-state index in [1.54, 1.807) is 18.2 Å². The van der Waals surface area contributed by atoms with Gasteiger partial charge < -0.3 is 10.1 Å². The van der Waals surface area contributed by atoms with Crippen LogP contribution in [0.1, 0.15) is 41.3 Å². The number of carbonyl (C=O) groups is 1. The molecule has 0 spiro atoms. The number of hydrogen-bond acceptors (Lipinski definition) is 2. The summed E-state index contributed by atoms with van der Waals surface area (Å²) < 4.78 is 5.20. The Hall–Kier alpha value is -2.00. The SMILES string of the molecule is COc1ccc(Cl)cc1C(=O)NCCc1ccc(C(C)C)cc1. The molecule has 0 saturated heterocycles. The van der Waals surface area contributed by atoms with Crippen molar-refractivity contribution >= 4 is 17.5 Å². The predicted octanol–water partition coefficient (Wildman–Crippen LogP) is 4.44. The maximum atomic E-state index is 12.3. The van der Waals surface area contributed by atoms with Crippen LogP contribution in [-0.4, -0.2) is 19.6 Å². The topological polar surface area (TPSA) is 38.3 Å². The standard InChI is InChI=1S/C19H22ClNO2/c1-13(2)15-6-4-14(5-7-15)10-11-21-19(22)17-12-16(20)8-9-18(17)23-3/h4-9,12-13H,10-11H2,1-3H3,(H,21,22). The molecule has 0 unspecified atom stereocenters. The van der Waals surface area contributed by atoms with Crippen molar-refractivity contribution in [3.8, 4) is 5.75 Å². The summed E-state index contributed by atoms with van der Waals surface area (Å²) in [5.41, 5.74) is 2.98. The number of carbonyl (C=O) groups excluding carboxylic acids is 1. The molecule has 1 N–H and O–H groups in total. The molecule has 2 rings (SSSR count). The maximum absolute atomic E-state index is 12.3. The van der Waals surface area contributed by atoms with Gasteiger partial charge in [0.25, 0.3) is 5.91 Å². The third-order valence-corrected chi connectivity index (χ3v) is 3.99. The molecule has 0 aliphatic rings. The van der Waals surface area contributed by atoms with Crippen molar-refractivity contribution in [2.24, 2.45) is 0 Å². The Kier molecular flexibility index (Phi) is 6.05. The molecule has 0 bridgehead atoms. The summed E-state index contributed by atoms with van der Waals surface area (Å²) in [6.07, 6.45) is 0.785. The van der Waals surface area contributed by atoms with Gasteiger partial charge in [0.05, 0.1) is 12.7 Å². The van der Waals surface area contributed by atoms with Crippen LogP contribution < -0.4 is 10.1 Å². The molecule has 0 aliphatic carbocycles. The molecule has 0 aromatic heterocycles. The highest BCUT2D eigenvalue weighted by atomic mass is 35.5. The Labute approximate surface area is 142 Å². The maximum Gasteiger partial charge on any atom is 0.255 e. The first-order chi connectivity index (χ1) is 11.0. The number of methoxy groups -OCH3 is 1. The van der Waals surface area contributed by atoms with Crippen LogP contribution >= 0.6 is 11.6 Å². The third kappa shape index (κ3) is 4.73. The first kappa shape index (κ1) is 17.4. The van der Waals surface area contributed by atoms with E-state index < -0.39 is 0 Å². The summed E-state index contributed by atoms with van der Waals surface area (Å²) in [5, 5.41) is 3.42. The minimum absolute atomic E-state index is 0.178. The van der Waals surface area contributed by atoms with Gasteiger partial charge in [-0.25, -0.2) is 0 Å². The zero-order valence-corrected chi connectivity index (χ0v) is 14.5. The lowest BCUT2D eigenvalue weighted by Gasteiger charge is -2.10. The average molecular weight is 332 g/mol. The zero-order chi connectivity index (χ0) is 16.8. The highest BCUT2D eigenvalue weighted by Crippen LogP contribution is 2.22. The zero-order valence-electron chi connectivity index (χ0n) is 13.7. The van der Waals surface area contributed by atoms with Gasteiger partial charge in [-0.1, -0.05) is 49.7 Å². The molecular weight excluding hydrogens is 310 g/mol. The second-order valence-corrected chi connectivity index (χ2v) is 6.18. The lowest BCUT2D eigenvalue weighted by Crippen LogP contribution is -2.26. The van der Waals surface area contributed by atoms with Crippen LogP contribution in [0, 0.1) is 0 Å². The fraction of sp³-hybridized carbons (Fsp3) is 0.316. The van der Waals surface area contributed by atoms with Crippen LogP contribution in [-0.2, 0) is 6.42 Å². The van der Waals surface area contributed by atoms with Crippen molar-refractivity contribution in [2.45, 2.75) is 26.2 Å². The van der Waals surface area contributed by atoms with Crippen LogP contribution in [0.2, 0.25) is 5.02 Å². The number of amides is 1. The van der Waals surface area contributed by atoms with Gasteiger partial charge in [0.1, 0.15) is 5.75 Å². The lowest BCUT2D eigenvalue weighted by molar-refractivity contribution is 0.0951. The van der Waals surface area contributed by atoms with Crippen molar-refractivity contribution in [3.05, 3.63) is 64.2 Å². The van der Waals surface area contributed by atoms with Crippen molar-refractivity contribution in [1.82, 2.24) is 5.32 Å². The Balaban J connectivity index is 1.93. The molecule has 0 radical (unpaired) electrons. The molecule has 122 valence electrons. The van der Waals surface area contributed by atoms with Gasteiger partial charge in [0.15, 0.2) is 0 Å². The molecule has 0 heterocycles. The van der Waals surface area contributed by atoms with Crippen molar-refractivity contribution in [3.63, 3.8) is 0 Å². The second kappa shape index (κ2) is 8.02. The van der Waals surface area contributed by atoms with E-state index in [2.05, 4.69) is 43.4 Å². The summed E-state index contributed by atoms with van der Waals surface area (Å²) in [7, 11) is 1.54. The monoisotopic (exact) mass is 331 g/mol. The largest absolute Gasteiger partial charge is 0.496 e. The Morgan fingerprint density at radius 2 is 1.87 bits per heavy atom. The van der Waals surface area contributed by atoms with Crippen LogP contribution in [0.15, 0.2) is 42.5 Å². The highest BCUT2D eigenvalue weighted by molar-refractivity contribution is 6.31. The van der Waals surface area contributed by atoms with Gasteiger partial charge in [-0.3, -0.25) is 4.79 Å². The van der Waals surface area contributed by atoms with E-state index in [1.807, 2.05) is 0 Å². The molecule has 1 amide bonds. The molecule has 0 atom stereocenters. The van der Waals surface area contributed by atoms with E-state index >= 15 is 0 Å². The van der Waals surface area contributed by atoms with Gasteiger partial charge in [-0.05, 0) is 41.7 Å². The average Bonchev–Trinajstić information content (AvgIpc) is 2.55. The quantitative estimate of drug-likeness (QED) is 0.849. The molecule has 0 saturated carbocycles. The molecule has 3 nitrogen and oxygen atoms in total. The van der Waals surface area contributed by atoms with Crippen molar-refractivity contribution < 1.29 is 9.53 Å². The highest BCUT2D eigenvalue weighted by Gasteiger charge is 2.12. The number of hydrogen-bond donors (Lipinski definition) is 1. The van der Waals surface area contributed by atoms with E-state index in [0.717, 1.165) is 6.42 Å². The number of ether oxygens (including phenoxy) is 1. The first-order valence-electron chi connectivity index (χ1n) is 7.72.